The largest absolute Gasteiger partial charge is 0.364 e. The maximum absolute atomic E-state index is 13.0. The minimum atomic E-state index is -0.946. The molecule has 9 nitrogen and oxygen atoms in total. The average molecular weight is 393 g/mol. The zero-order chi connectivity index (χ0) is 20.0. The molecule has 2 atom stereocenters. The van der Waals surface area contributed by atoms with Gasteiger partial charge in [0, 0.05) is 5.38 Å². The van der Waals surface area contributed by atoms with Crippen LogP contribution in [0.3, 0.4) is 0 Å². The van der Waals surface area contributed by atoms with E-state index in [9.17, 15) is 19.2 Å². The molecule has 1 aliphatic heterocycles. The van der Waals surface area contributed by atoms with Crippen LogP contribution in [0, 0.1) is 11.3 Å². The van der Waals surface area contributed by atoms with Gasteiger partial charge in [0.15, 0.2) is 5.13 Å². The van der Waals surface area contributed by atoms with E-state index in [1.54, 1.807) is 0 Å². The second kappa shape index (κ2) is 6.59. The van der Waals surface area contributed by atoms with Crippen LogP contribution >= 0.6 is 11.3 Å². The van der Waals surface area contributed by atoms with Crippen molar-refractivity contribution in [1.82, 2.24) is 15.2 Å². The molecule has 1 aromatic rings. The van der Waals surface area contributed by atoms with E-state index in [1.165, 1.54) is 5.38 Å². The van der Waals surface area contributed by atoms with Crippen LogP contribution in [0.2, 0.25) is 0 Å². The molecule has 5 amide bonds. The number of imide groups is 1. The molecule has 0 aromatic carbocycles. The highest BCUT2D eigenvalue weighted by atomic mass is 32.1. The number of carbonyl (C=O) groups is 4. The lowest BCUT2D eigenvalue weighted by Crippen LogP contribution is -2.54. The molecule has 0 unspecified atom stereocenters. The third-order valence-corrected chi connectivity index (χ3v) is 5.69. The summed E-state index contributed by atoms with van der Waals surface area (Å²) in [5.41, 5.74) is 4.15. The fourth-order valence-corrected chi connectivity index (χ4v) is 5.11. The molecular weight excluding hydrogens is 370 g/mol. The monoisotopic (exact) mass is 393 g/mol. The molecule has 2 aliphatic rings. The van der Waals surface area contributed by atoms with Crippen LogP contribution in [0.1, 0.15) is 50.5 Å². The highest BCUT2D eigenvalue weighted by molar-refractivity contribution is 7.14. The van der Waals surface area contributed by atoms with E-state index < -0.39 is 29.9 Å². The molecule has 0 radical (unpaired) electrons. The van der Waals surface area contributed by atoms with Crippen molar-refractivity contribution in [3.8, 4) is 0 Å². The first-order valence-electron chi connectivity index (χ1n) is 8.71. The summed E-state index contributed by atoms with van der Waals surface area (Å²) in [4.78, 5) is 53.6. The van der Waals surface area contributed by atoms with E-state index in [-0.39, 0.29) is 28.1 Å². The molecule has 10 heteroatoms. The number of rotatable bonds is 4. The topological polar surface area (TPSA) is 134 Å². The minimum Gasteiger partial charge on any atom is -0.364 e. The van der Waals surface area contributed by atoms with Crippen molar-refractivity contribution in [2.24, 2.45) is 17.1 Å². The van der Waals surface area contributed by atoms with Crippen LogP contribution in [0.25, 0.3) is 0 Å². The Morgan fingerprint density at radius 2 is 2.11 bits per heavy atom. The SMILES string of the molecule is C[C@@H]1CC(C)(C)C[C@]2(C1)NC(=O)N(CC(=O)Nc1nc(C(N)=O)cs1)C2=O. The highest BCUT2D eigenvalue weighted by Crippen LogP contribution is 2.46. The summed E-state index contributed by atoms with van der Waals surface area (Å²) in [5, 5.41) is 6.92. The van der Waals surface area contributed by atoms with Crippen LogP contribution in [0.15, 0.2) is 5.38 Å². The Kier molecular flexibility index (Phi) is 4.71. The quantitative estimate of drug-likeness (QED) is 0.663. The van der Waals surface area contributed by atoms with Gasteiger partial charge in [0.1, 0.15) is 17.8 Å². The second-order valence-corrected chi connectivity index (χ2v) is 9.07. The van der Waals surface area contributed by atoms with Gasteiger partial charge in [-0.1, -0.05) is 20.8 Å². The van der Waals surface area contributed by atoms with Crippen LogP contribution < -0.4 is 16.4 Å². The van der Waals surface area contributed by atoms with Gasteiger partial charge < -0.3 is 16.4 Å². The number of thiazole rings is 1. The zero-order valence-corrected chi connectivity index (χ0v) is 16.3. The standard InChI is InChI=1S/C17H23N5O4S/c1-9-4-16(2,3)8-17(5-9)13(25)22(15(26)21-17)6-11(23)20-14-19-10(7-27-14)12(18)24/h7,9H,4-6,8H2,1-3H3,(H2,18,24)(H,21,26)(H,19,20,23)/t9-,17+/m1/s1. The Bertz CT molecular complexity index is 820. The van der Waals surface area contributed by atoms with E-state index in [2.05, 4.69) is 36.4 Å². The van der Waals surface area contributed by atoms with Crippen molar-refractivity contribution in [2.75, 3.05) is 11.9 Å². The van der Waals surface area contributed by atoms with Crippen molar-refractivity contribution in [2.45, 2.75) is 45.6 Å². The van der Waals surface area contributed by atoms with Crippen LogP contribution in [0.4, 0.5) is 9.93 Å². The number of hydrogen-bond donors (Lipinski definition) is 3. The number of nitrogens with zero attached hydrogens (tertiary/aromatic N) is 2. The van der Waals surface area contributed by atoms with Crippen molar-refractivity contribution >= 4 is 40.2 Å². The van der Waals surface area contributed by atoms with Gasteiger partial charge in [0.2, 0.25) is 5.91 Å². The summed E-state index contributed by atoms with van der Waals surface area (Å²) in [6.45, 7) is 5.82. The number of carbonyl (C=O) groups excluding carboxylic acids is 4. The number of nitrogens with one attached hydrogen (secondary N) is 2. The van der Waals surface area contributed by atoms with Gasteiger partial charge in [-0.3, -0.25) is 19.3 Å². The minimum absolute atomic E-state index is 0.0441. The number of anilines is 1. The van der Waals surface area contributed by atoms with E-state index in [0.717, 1.165) is 22.7 Å². The van der Waals surface area contributed by atoms with Gasteiger partial charge in [-0.15, -0.1) is 11.3 Å². The van der Waals surface area contributed by atoms with Crippen LogP contribution in [-0.4, -0.2) is 45.7 Å². The number of nitrogens with two attached hydrogens (primary N) is 1. The molecule has 1 aromatic heterocycles. The molecule has 1 aliphatic carbocycles. The average Bonchev–Trinajstić information content (AvgIpc) is 3.05. The second-order valence-electron chi connectivity index (χ2n) is 8.21. The molecule has 3 rings (SSSR count). The lowest BCUT2D eigenvalue weighted by molar-refractivity contribution is -0.136. The van der Waals surface area contributed by atoms with Gasteiger partial charge in [0.25, 0.3) is 11.8 Å². The number of amides is 5. The molecule has 1 saturated heterocycles. The maximum Gasteiger partial charge on any atom is 0.325 e. The van der Waals surface area contributed by atoms with Gasteiger partial charge in [0.05, 0.1) is 0 Å². The number of aromatic nitrogens is 1. The summed E-state index contributed by atoms with van der Waals surface area (Å²) < 4.78 is 0. The van der Waals surface area contributed by atoms with Crippen LogP contribution in [-0.2, 0) is 9.59 Å². The smallest absolute Gasteiger partial charge is 0.325 e. The predicted octanol–water partition coefficient (Wildman–Crippen LogP) is 1.32. The van der Waals surface area contributed by atoms with Gasteiger partial charge >= 0.3 is 6.03 Å². The van der Waals surface area contributed by atoms with E-state index in [4.69, 9.17) is 5.73 Å². The summed E-state index contributed by atoms with van der Waals surface area (Å²) >= 11 is 1.04. The Morgan fingerprint density at radius 1 is 1.41 bits per heavy atom. The molecule has 4 N–H and O–H groups in total. The molecule has 27 heavy (non-hydrogen) atoms. The molecular formula is C17H23N5O4S. The lowest BCUT2D eigenvalue weighted by atomic mass is 9.64. The van der Waals surface area contributed by atoms with E-state index in [0.29, 0.717) is 12.8 Å². The molecule has 146 valence electrons. The first kappa shape index (κ1) is 19.3. The normalized spacial score (nSPS) is 26.9. The molecule has 1 spiro atoms. The summed E-state index contributed by atoms with van der Waals surface area (Å²) in [6, 6.07) is -0.558. The van der Waals surface area contributed by atoms with Gasteiger partial charge in [-0.25, -0.2) is 9.78 Å². The Morgan fingerprint density at radius 3 is 2.70 bits per heavy atom. The Balaban J connectivity index is 1.70. The first-order chi connectivity index (χ1) is 12.5. The zero-order valence-electron chi connectivity index (χ0n) is 15.5. The van der Waals surface area contributed by atoms with Crippen molar-refractivity contribution < 1.29 is 19.2 Å². The number of primary amides is 1. The number of hydrogen-bond acceptors (Lipinski definition) is 6. The van der Waals surface area contributed by atoms with Gasteiger partial charge in [-0.05, 0) is 30.6 Å². The highest BCUT2D eigenvalue weighted by Gasteiger charge is 2.56. The third-order valence-electron chi connectivity index (χ3n) is 4.93. The maximum atomic E-state index is 13.0. The van der Waals surface area contributed by atoms with Crippen molar-refractivity contribution in [3.05, 3.63) is 11.1 Å². The Hall–Kier alpha value is -2.49. The summed E-state index contributed by atoms with van der Waals surface area (Å²) in [5.74, 6) is -1.34. The van der Waals surface area contributed by atoms with Crippen molar-refractivity contribution in [3.63, 3.8) is 0 Å². The fourth-order valence-electron chi connectivity index (χ4n) is 4.40. The van der Waals surface area contributed by atoms with E-state index >= 15 is 0 Å². The van der Waals surface area contributed by atoms with Crippen LogP contribution in [0.5, 0.6) is 0 Å². The molecule has 2 fully saturated rings. The van der Waals surface area contributed by atoms with E-state index in [1.807, 2.05) is 0 Å². The van der Waals surface area contributed by atoms with Crippen molar-refractivity contribution in [1.29, 1.82) is 0 Å². The van der Waals surface area contributed by atoms with Gasteiger partial charge in [-0.2, -0.15) is 0 Å². The predicted molar refractivity (Wildman–Crippen MR) is 99.0 cm³/mol. The summed E-state index contributed by atoms with van der Waals surface area (Å²) in [6.07, 6.45) is 2.08. The first-order valence-corrected chi connectivity index (χ1v) is 9.59. The Labute approximate surface area is 160 Å². The lowest BCUT2D eigenvalue weighted by Gasteiger charge is -2.43. The fraction of sp³-hybridized carbons (Fsp3) is 0.588. The third kappa shape index (κ3) is 3.80. The molecule has 1 saturated carbocycles. The molecule has 2 heterocycles. The number of urea groups is 1. The summed E-state index contributed by atoms with van der Waals surface area (Å²) in [7, 11) is 0. The molecule has 0 bridgehead atoms.